The number of rotatable bonds is 4. The fraction of sp³-hybridized carbons (Fsp3) is 0.700. The maximum atomic E-state index is 13.3. The van der Waals surface area contributed by atoms with Gasteiger partial charge in [0, 0.05) is 6.42 Å². The van der Waals surface area contributed by atoms with Crippen LogP contribution in [0.2, 0.25) is 0 Å². The van der Waals surface area contributed by atoms with E-state index in [1.807, 2.05) is 0 Å². The molecule has 0 aromatic carbocycles. The molecule has 158 valence electrons. The number of likely N-dealkylation sites (tertiary alicyclic amines) is 1. The number of nitrogens with one attached hydrogen (secondary N) is 1. The Kier molecular flexibility index (Phi) is 6.70. The van der Waals surface area contributed by atoms with Gasteiger partial charge in [-0.25, -0.2) is 14.5 Å². The van der Waals surface area contributed by atoms with Crippen LogP contribution in [0.5, 0.6) is 0 Å². The number of Topliss-reactive ketones (excluding diaryl/α,β-unsaturated/α-hetero) is 1. The summed E-state index contributed by atoms with van der Waals surface area (Å²) in [4.78, 5) is 52.4. The molecule has 0 saturated carbocycles. The molecule has 0 aromatic heterocycles. The summed E-state index contributed by atoms with van der Waals surface area (Å²) in [7, 11) is 0. The lowest BCUT2D eigenvalue weighted by atomic mass is 9.87. The summed E-state index contributed by atoms with van der Waals surface area (Å²) in [6.07, 6.45) is -0.679. The van der Waals surface area contributed by atoms with Crippen LogP contribution in [0.25, 0.3) is 0 Å². The molecule has 0 aromatic rings. The van der Waals surface area contributed by atoms with Gasteiger partial charge in [-0.1, -0.05) is 19.9 Å². The summed E-state index contributed by atoms with van der Waals surface area (Å²) in [5.74, 6) is -1.82. The molecule has 1 heterocycles. The maximum absolute atomic E-state index is 13.3. The van der Waals surface area contributed by atoms with E-state index >= 15 is 0 Å². The second-order valence-corrected chi connectivity index (χ2v) is 9.23. The van der Waals surface area contributed by atoms with Crippen LogP contribution in [0.4, 0.5) is 9.59 Å². The lowest BCUT2D eigenvalue weighted by Gasteiger charge is -2.29. The minimum absolute atomic E-state index is 0.174. The maximum Gasteiger partial charge on any atom is 0.417 e. The third-order valence-corrected chi connectivity index (χ3v) is 3.94. The summed E-state index contributed by atoms with van der Waals surface area (Å²) < 4.78 is 10.5. The normalized spacial score (nSPS) is 23.0. The molecule has 1 N–H and O–H groups in total. The molecular weight excluding hydrogens is 364 g/mol. The Morgan fingerprint density at radius 3 is 2.04 bits per heavy atom. The average molecular weight is 396 g/mol. The molecular formula is C20H32N2O6. The summed E-state index contributed by atoms with van der Waals surface area (Å²) in [6.45, 7) is 17.0. The summed E-state index contributed by atoms with van der Waals surface area (Å²) in [6, 6.07) is -1.07. The number of ketones is 1. The number of amides is 3. The van der Waals surface area contributed by atoms with Crippen molar-refractivity contribution in [1.29, 1.82) is 0 Å². The Bertz CT molecular complexity index is 671. The predicted molar refractivity (Wildman–Crippen MR) is 104 cm³/mol. The number of hydrogen-bond donors (Lipinski definition) is 1. The number of imide groups is 1. The Hall–Kier alpha value is -2.38. The highest BCUT2D eigenvalue weighted by molar-refractivity contribution is 6.24. The van der Waals surface area contributed by atoms with Crippen molar-refractivity contribution < 1.29 is 28.7 Å². The first-order valence-corrected chi connectivity index (χ1v) is 9.29. The van der Waals surface area contributed by atoms with Gasteiger partial charge in [-0.15, -0.1) is 6.58 Å². The Labute approximate surface area is 166 Å². The van der Waals surface area contributed by atoms with Crippen LogP contribution in [0, 0.1) is 5.92 Å². The zero-order valence-electron chi connectivity index (χ0n) is 18.0. The van der Waals surface area contributed by atoms with Gasteiger partial charge in [0.1, 0.15) is 17.2 Å². The number of hydrogen-bond acceptors (Lipinski definition) is 6. The lowest BCUT2D eigenvalue weighted by molar-refractivity contribution is -0.134. The van der Waals surface area contributed by atoms with E-state index in [9.17, 15) is 19.2 Å². The molecule has 0 aliphatic carbocycles. The Morgan fingerprint density at radius 2 is 1.64 bits per heavy atom. The molecule has 3 amide bonds. The molecule has 1 unspecified atom stereocenters. The molecule has 1 rings (SSSR count). The van der Waals surface area contributed by atoms with Crippen LogP contribution in [-0.4, -0.2) is 51.6 Å². The Morgan fingerprint density at radius 1 is 1.14 bits per heavy atom. The van der Waals surface area contributed by atoms with E-state index in [0.717, 1.165) is 4.90 Å². The van der Waals surface area contributed by atoms with E-state index < -0.39 is 46.7 Å². The average Bonchev–Trinajstić information content (AvgIpc) is 2.66. The second kappa shape index (κ2) is 7.93. The minimum Gasteiger partial charge on any atom is -0.444 e. The first kappa shape index (κ1) is 23.7. The first-order chi connectivity index (χ1) is 12.6. The van der Waals surface area contributed by atoms with Crippen LogP contribution in [0.15, 0.2) is 12.7 Å². The van der Waals surface area contributed by atoms with Gasteiger partial charge in [0.15, 0.2) is 11.3 Å². The van der Waals surface area contributed by atoms with E-state index in [0.29, 0.717) is 0 Å². The van der Waals surface area contributed by atoms with E-state index in [4.69, 9.17) is 9.47 Å². The highest BCUT2D eigenvalue weighted by Gasteiger charge is 2.63. The SMILES string of the molecule is C=CCC1(NC(=O)OC(C)(C)C)C(=O)[C@@H](C(C)C)N(C(=O)OC(C)(C)C)C1=O. The highest BCUT2D eigenvalue weighted by atomic mass is 16.6. The summed E-state index contributed by atoms with van der Waals surface area (Å²) >= 11 is 0. The van der Waals surface area contributed by atoms with Gasteiger partial charge >= 0.3 is 12.2 Å². The minimum atomic E-state index is -1.96. The number of alkyl carbamates (subject to hydrolysis) is 1. The van der Waals surface area contributed by atoms with Gasteiger partial charge in [0.05, 0.1) is 0 Å². The first-order valence-electron chi connectivity index (χ1n) is 9.29. The van der Waals surface area contributed by atoms with Gasteiger partial charge < -0.3 is 9.47 Å². The number of ether oxygens (including phenoxy) is 2. The van der Waals surface area contributed by atoms with Crippen molar-refractivity contribution in [3.8, 4) is 0 Å². The molecule has 0 radical (unpaired) electrons. The van der Waals surface area contributed by atoms with Crippen molar-refractivity contribution in [3.05, 3.63) is 12.7 Å². The van der Waals surface area contributed by atoms with Gasteiger partial charge in [-0.05, 0) is 47.5 Å². The third-order valence-electron chi connectivity index (χ3n) is 3.94. The quantitative estimate of drug-likeness (QED) is 0.578. The van der Waals surface area contributed by atoms with Crippen LogP contribution in [0.1, 0.15) is 61.8 Å². The topological polar surface area (TPSA) is 102 Å². The molecule has 0 bridgehead atoms. The third kappa shape index (κ3) is 5.11. The lowest BCUT2D eigenvalue weighted by Crippen LogP contribution is -2.59. The van der Waals surface area contributed by atoms with Crippen molar-refractivity contribution in [2.45, 2.75) is 84.6 Å². The zero-order valence-corrected chi connectivity index (χ0v) is 18.0. The largest absolute Gasteiger partial charge is 0.444 e. The van der Waals surface area contributed by atoms with Gasteiger partial charge in [0.2, 0.25) is 0 Å². The molecule has 1 aliphatic rings. The smallest absolute Gasteiger partial charge is 0.417 e. The number of carbonyl (C=O) groups excluding carboxylic acids is 4. The van der Waals surface area contributed by atoms with Gasteiger partial charge in [0.25, 0.3) is 5.91 Å². The van der Waals surface area contributed by atoms with Crippen molar-refractivity contribution in [2.75, 3.05) is 0 Å². The summed E-state index contributed by atoms with van der Waals surface area (Å²) in [5, 5.41) is 2.40. The zero-order chi connectivity index (χ0) is 22.1. The molecule has 2 atom stereocenters. The molecule has 8 nitrogen and oxygen atoms in total. The van der Waals surface area contributed by atoms with Crippen LogP contribution in [0.3, 0.4) is 0 Å². The standard InChI is InChI=1S/C20H32N2O6/c1-10-11-20(21-16(25)27-18(4,5)6)14(23)13(12(2)3)22(15(20)24)17(26)28-19(7,8)9/h10,12-13H,1,11H2,2-9H3,(H,21,25)/t13-,20?/m1/s1. The Balaban J connectivity index is 3.39. The van der Waals surface area contributed by atoms with Gasteiger partial charge in [-0.3, -0.25) is 14.9 Å². The predicted octanol–water partition coefficient (Wildman–Crippen LogP) is 3.20. The van der Waals surface area contributed by atoms with Crippen molar-refractivity contribution in [2.24, 2.45) is 5.92 Å². The van der Waals surface area contributed by atoms with E-state index in [1.165, 1.54) is 6.08 Å². The fourth-order valence-corrected chi connectivity index (χ4v) is 2.96. The van der Waals surface area contributed by atoms with Crippen LogP contribution in [-0.2, 0) is 19.1 Å². The molecule has 8 heteroatoms. The molecule has 1 fully saturated rings. The number of carbonyl (C=O) groups is 4. The van der Waals surface area contributed by atoms with E-state index in [-0.39, 0.29) is 12.3 Å². The molecule has 1 saturated heterocycles. The van der Waals surface area contributed by atoms with Crippen molar-refractivity contribution in [3.63, 3.8) is 0 Å². The van der Waals surface area contributed by atoms with E-state index in [2.05, 4.69) is 11.9 Å². The van der Waals surface area contributed by atoms with E-state index in [1.54, 1.807) is 55.4 Å². The van der Waals surface area contributed by atoms with Crippen LogP contribution >= 0.6 is 0 Å². The summed E-state index contributed by atoms with van der Waals surface area (Å²) in [5.41, 5.74) is -3.65. The number of nitrogens with zero attached hydrogens (tertiary/aromatic N) is 1. The molecule has 0 spiro atoms. The van der Waals surface area contributed by atoms with Crippen LogP contribution < -0.4 is 5.32 Å². The fourth-order valence-electron chi connectivity index (χ4n) is 2.96. The monoisotopic (exact) mass is 396 g/mol. The highest BCUT2D eigenvalue weighted by Crippen LogP contribution is 2.34. The second-order valence-electron chi connectivity index (χ2n) is 9.23. The van der Waals surface area contributed by atoms with Gasteiger partial charge in [-0.2, -0.15) is 0 Å². The van der Waals surface area contributed by atoms with Crippen molar-refractivity contribution in [1.82, 2.24) is 10.2 Å². The molecule has 1 aliphatic heterocycles. The van der Waals surface area contributed by atoms with Crippen molar-refractivity contribution >= 4 is 23.9 Å². The molecule has 28 heavy (non-hydrogen) atoms.